The Morgan fingerprint density at radius 1 is 1.17 bits per heavy atom. The minimum Gasteiger partial charge on any atom is -0.497 e. The second kappa shape index (κ2) is 9.47. The first-order valence-corrected chi connectivity index (χ1v) is 10.1. The number of ether oxygens (including phenoxy) is 2. The van der Waals surface area contributed by atoms with Crippen molar-refractivity contribution < 1.29 is 19.1 Å². The van der Waals surface area contributed by atoms with Crippen molar-refractivity contribution in [3.63, 3.8) is 0 Å². The number of hydrogen-bond acceptors (Lipinski definition) is 6. The summed E-state index contributed by atoms with van der Waals surface area (Å²) in [4.78, 5) is 31.6. The smallest absolute Gasteiger partial charge is 0.238 e. The minimum atomic E-state index is -0.577. The molecule has 0 saturated carbocycles. The first-order chi connectivity index (χ1) is 14.0. The molecule has 3 rings (SSSR count). The van der Waals surface area contributed by atoms with Crippen LogP contribution in [0.2, 0.25) is 0 Å². The monoisotopic (exact) mass is 413 g/mol. The molecule has 1 aliphatic rings. The number of rotatable bonds is 6. The largest absolute Gasteiger partial charge is 0.497 e. The van der Waals surface area contributed by atoms with E-state index in [1.54, 1.807) is 43.4 Å². The van der Waals surface area contributed by atoms with Gasteiger partial charge in [0.15, 0.2) is 5.17 Å². The topological polar surface area (TPSA) is 80.2 Å². The molecular weight excluding hydrogens is 390 g/mol. The number of methoxy groups -OCH3 is 2. The SMILES string of the molecule is CCN1C(=O)CC(C(=O)Nc2ccccc2OC)SC1=Nc1ccc(OC)cc1. The maximum atomic E-state index is 12.8. The Kier molecular flexibility index (Phi) is 6.77. The average molecular weight is 413 g/mol. The number of para-hydroxylation sites is 2. The van der Waals surface area contributed by atoms with Gasteiger partial charge in [0.05, 0.1) is 25.6 Å². The number of thioether (sulfide) groups is 1. The second-order valence-corrected chi connectivity index (χ2v) is 7.40. The highest BCUT2D eigenvalue weighted by Crippen LogP contribution is 2.31. The highest BCUT2D eigenvalue weighted by Gasteiger charge is 2.35. The summed E-state index contributed by atoms with van der Waals surface area (Å²) in [6.07, 6.45) is 0.112. The molecule has 1 aliphatic heterocycles. The Balaban J connectivity index is 1.81. The quantitative estimate of drug-likeness (QED) is 0.781. The molecule has 1 N–H and O–H groups in total. The maximum Gasteiger partial charge on any atom is 0.238 e. The predicted octanol–water partition coefficient (Wildman–Crippen LogP) is 3.68. The van der Waals surface area contributed by atoms with Gasteiger partial charge in [-0.15, -0.1) is 0 Å². The minimum absolute atomic E-state index is 0.112. The van der Waals surface area contributed by atoms with Crippen molar-refractivity contribution in [1.29, 1.82) is 0 Å². The molecule has 7 nitrogen and oxygen atoms in total. The van der Waals surface area contributed by atoms with Crippen molar-refractivity contribution in [3.05, 3.63) is 48.5 Å². The normalized spacial score (nSPS) is 17.9. The Labute approximate surface area is 174 Å². The van der Waals surface area contributed by atoms with E-state index < -0.39 is 5.25 Å². The lowest BCUT2D eigenvalue weighted by atomic mass is 10.2. The fraction of sp³-hybridized carbons (Fsp3) is 0.286. The third kappa shape index (κ3) is 4.89. The zero-order chi connectivity index (χ0) is 20.8. The number of amidine groups is 1. The van der Waals surface area contributed by atoms with Crippen molar-refractivity contribution in [2.45, 2.75) is 18.6 Å². The summed E-state index contributed by atoms with van der Waals surface area (Å²) >= 11 is 1.28. The van der Waals surface area contributed by atoms with Gasteiger partial charge in [-0.2, -0.15) is 0 Å². The van der Waals surface area contributed by atoms with Crippen LogP contribution in [-0.2, 0) is 9.59 Å². The van der Waals surface area contributed by atoms with Gasteiger partial charge in [-0.3, -0.25) is 14.5 Å². The molecule has 1 saturated heterocycles. The van der Waals surface area contributed by atoms with Gasteiger partial charge in [-0.1, -0.05) is 23.9 Å². The molecule has 152 valence electrons. The molecule has 2 aromatic carbocycles. The first kappa shape index (κ1) is 20.7. The fourth-order valence-electron chi connectivity index (χ4n) is 2.88. The number of carbonyl (C=O) groups is 2. The molecule has 29 heavy (non-hydrogen) atoms. The lowest BCUT2D eigenvalue weighted by Crippen LogP contribution is -2.45. The third-order valence-electron chi connectivity index (χ3n) is 4.41. The maximum absolute atomic E-state index is 12.8. The summed E-state index contributed by atoms with van der Waals surface area (Å²) in [5.74, 6) is 0.905. The van der Waals surface area contributed by atoms with E-state index in [0.717, 1.165) is 5.75 Å². The molecule has 0 bridgehead atoms. The number of hydrogen-bond donors (Lipinski definition) is 1. The number of anilines is 1. The molecule has 8 heteroatoms. The number of aliphatic imine (C=N–C) groups is 1. The van der Waals surface area contributed by atoms with E-state index in [9.17, 15) is 9.59 Å². The Morgan fingerprint density at radius 3 is 2.55 bits per heavy atom. The summed E-state index contributed by atoms with van der Waals surface area (Å²) in [6, 6.07) is 14.4. The molecule has 1 atom stereocenters. The van der Waals surface area contributed by atoms with Crippen LogP contribution < -0.4 is 14.8 Å². The molecule has 2 amide bonds. The second-order valence-electron chi connectivity index (χ2n) is 6.23. The zero-order valence-corrected chi connectivity index (χ0v) is 17.4. The van der Waals surface area contributed by atoms with Crippen LogP contribution in [-0.4, -0.2) is 47.9 Å². The summed E-state index contributed by atoms with van der Waals surface area (Å²) < 4.78 is 10.4. The molecule has 2 aromatic rings. The molecule has 0 aromatic heterocycles. The lowest BCUT2D eigenvalue weighted by Gasteiger charge is -2.31. The predicted molar refractivity (Wildman–Crippen MR) is 115 cm³/mol. The molecule has 0 radical (unpaired) electrons. The van der Waals surface area contributed by atoms with Crippen LogP contribution in [0.25, 0.3) is 0 Å². The average Bonchev–Trinajstić information content (AvgIpc) is 2.74. The van der Waals surface area contributed by atoms with Gasteiger partial charge in [0.1, 0.15) is 16.7 Å². The van der Waals surface area contributed by atoms with Gasteiger partial charge in [0, 0.05) is 13.0 Å². The highest BCUT2D eigenvalue weighted by atomic mass is 32.2. The standard InChI is InChI=1S/C21H23N3O4S/c1-4-24-19(25)13-18(20(26)23-16-7-5-6-8-17(16)28-3)29-21(24)22-14-9-11-15(27-2)12-10-14/h5-12,18H,4,13H2,1-3H3,(H,23,26). The summed E-state index contributed by atoms with van der Waals surface area (Å²) in [7, 11) is 3.14. The fourth-order valence-corrected chi connectivity index (χ4v) is 4.04. The molecule has 1 heterocycles. The third-order valence-corrected chi connectivity index (χ3v) is 5.60. The Hall–Kier alpha value is -3.00. The van der Waals surface area contributed by atoms with Crippen LogP contribution in [0.3, 0.4) is 0 Å². The molecule has 0 spiro atoms. The van der Waals surface area contributed by atoms with E-state index in [-0.39, 0.29) is 18.2 Å². The number of carbonyl (C=O) groups excluding carboxylic acids is 2. The highest BCUT2D eigenvalue weighted by molar-refractivity contribution is 8.15. The summed E-state index contributed by atoms with van der Waals surface area (Å²) in [5.41, 5.74) is 1.25. The van der Waals surface area contributed by atoms with Gasteiger partial charge < -0.3 is 14.8 Å². The van der Waals surface area contributed by atoms with E-state index in [1.807, 2.05) is 31.2 Å². The van der Waals surface area contributed by atoms with Crippen LogP contribution in [0.15, 0.2) is 53.5 Å². The van der Waals surface area contributed by atoms with E-state index in [4.69, 9.17) is 9.47 Å². The number of nitrogens with one attached hydrogen (secondary N) is 1. The molecule has 1 fully saturated rings. The zero-order valence-electron chi connectivity index (χ0n) is 16.5. The first-order valence-electron chi connectivity index (χ1n) is 9.19. The number of benzene rings is 2. The van der Waals surface area contributed by atoms with Crippen molar-refractivity contribution in [1.82, 2.24) is 4.90 Å². The van der Waals surface area contributed by atoms with Gasteiger partial charge in [-0.25, -0.2) is 4.99 Å². The van der Waals surface area contributed by atoms with Crippen molar-refractivity contribution in [2.24, 2.45) is 4.99 Å². The van der Waals surface area contributed by atoms with Gasteiger partial charge in [0.25, 0.3) is 0 Å². The van der Waals surface area contributed by atoms with Crippen LogP contribution in [0.1, 0.15) is 13.3 Å². The number of nitrogens with zero attached hydrogens (tertiary/aromatic N) is 2. The van der Waals surface area contributed by atoms with Gasteiger partial charge in [0.2, 0.25) is 11.8 Å². The Morgan fingerprint density at radius 2 is 1.90 bits per heavy atom. The van der Waals surface area contributed by atoms with Crippen LogP contribution >= 0.6 is 11.8 Å². The Bertz CT molecular complexity index is 914. The van der Waals surface area contributed by atoms with E-state index >= 15 is 0 Å². The molecule has 1 unspecified atom stereocenters. The number of amides is 2. The van der Waals surface area contributed by atoms with Crippen molar-refractivity contribution in [3.8, 4) is 11.5 Å². The lowest BCUT2D eigenvalue weighted by molar-refractivity contribution is -0.129. The van der Waals surface area contributed by atoms with Crippen molar-refractivity contribution in [2.75, 3.05) is 26.1 Å². The van der Waals surface area contributed by atoms with Gasteiger partial charge in [-0.05, 0) is 43.3 Å². The van der Waals surface area contributed by atoms with Crippen LogP contribution in [0.4, 0.5) is 11.4 Å². The summed E-state index contributed by atoms with van der Waals surface area (Å²) in [5, 5.41) is 2.79. The molecule has 0 aliphatic carbocycles. The van der Waals surface area contributed by atoms with Crippen LogP contribution in [0.5, 0.6) is 11.5 Å². The van der Waals surface area contributed by atoms with Crippen LogP contribution in [0, 0.1) is 0 Å². The van der Waals surface area contributed by atoms with E-state index in [1.165, 1.54) is 11.8 Å². The van der Waals surface area contributed by atoms with E-state index in [0.29, 0.717) is 28.8 Å². The summed E-state index contributed by atoms with van der Waals surface area (Å²) in [6.45, 7) is 2.37. The van der Waals surface area contributed by atoms with Crippen molar-refractivity contribution >= 4 is 40.1 Å². The molecular formula is C21H23N3O4S. The van der Waals surface area contributed by atoms with E-state index in [2.05, 4.69) is 10.3 Å². The van der Waals surface area contributed by atoms with Gasteiger partial charge >= 0.3 is 0 Å².